The molecule has 2 N–H and O–H groups in total. The van der Waals surface area contributed by atoms with Crippen LogP contribution in [0.4, 0.5) is 0 Å². The van der Waals surface area contributed by atoms with E-state index in [1.807, 2.05) is 0 Å². The van der Waals surface area contributed by atoms with E-state index < -0.39 is 0 Å². The smallest absolute Gasteiger partial charge is 0.233 e. The largest absolute Gasteiger partial charge is 0.355 e. The van der Waals surface area contributed by atoms with Gasteiger partial charge in [-0.05, 0) is 43.6 Å². The van der Waals surface area contributed by atoms with Crippen LogP contribution >= 0.6 is 0 Å². The molecule has 16 heavy (non-hydrogen) atoms. The van der Waals surface area contributed by atoms with Gasteiger partial charge < -0.3 is 10.6 Å². The molecule has 92 valence electrons. The maximum absolute atomic E-state index is 11.5. The average molecular weight is 224 g/mol. The van der Waals surface area contributed by atoms with E-state index in [1.165, 1.54) is 32.1 Å². The highest BCUT2D eigenvalue weighted by molar-refractivity contribution is 5.77. The van der Waals surface area contributed by atoms with Gasteiger partial charge in [-0.3, -0.25) is 4.79 Å². The molecule has 0 spiro atoms. The lowest BCUT2D eigenvalue weighted by Crippen LogP contribution is -2.37. The summed E-state index contributed by atoms with van der Waals surface area (Å²) in [6, 6.07) is 0. The summed E-state index contributed by atoms with van der Waals surface area (Å²) >= 11 is 0. The highest BCUT2D eigenvalue weighted by Gasteiger charge is 2.23. The van der Waals surface area contributed by atoms with Gasteiger partial charge in [0.1, 0.15) is 0 Å². The van der Waals surface area contributed by atoms with E-state index in [0.717, 1.165) is 24.9 Å². The number of rotatable bonds is 6. The Morgan fingerprint density at radius 1 is 1.19 bits per heavy atom. The highest BCUT2D eigenvalue weighted by atomic mass is 16.1. The second kappa shape index (κ2) is 5.67. The van der Waals surface area contributed by atoms with Crippen LogP contribution in [0.1, 0.15) is 39.0 Å². The first-order valence-corrected chi connectivity index (χ1v) is 6.73. The zero-order valence-electron chi connectivity index (χ0n) is 10.3. The van der Waals surface area contributed by atoms with Crippen molar-refractivity contribution in [1.29, 1.82) is 0 Å². The first-order valence-electron chi connectivity index (χ1n) is 6.73. The van der Waals surface area contributed by atoms with Crippen LogP contribution in [-0.4, -0.2) is 25.5 Å². The Hall–Kier alpha value is -0.570. The fraction of sp³-hybridized carbons (Fsp3) is 0.923. The van der Waals surface area contributed by atoms with Gasteiger partial charge in [-0.25, -0.2) is 0 Å². The molecule has 2 aliphatic rings. The summed E-state index contributed by atoms with van der Waals surface area (Å²) in [6.45, 7) is 4.70. The number of hydrogen-bond donors (Lipinski definition) is 2. The van der Waals surface area contributed by atoms with E-state index in [0.29, 0.717) is 12.5 Å². The topological polar surface area (TPSA) is 41.1 Å². The lowest BCUT2D eigenvalue weighted by atomic mass is 9.98. The van der Waals surface area contributed by atoms with E-state index in [-0.39, 0.29) is 5.91 Å². The van der Waals surface area contributed by atoms with Crippen LogP contribution in [0.25, 0.3) is 0 Å². The molecule has 2 saturated carbocycles. The average Bonchev–Trinajstić information content (AvgIpc) is 2.99. The van der Waals surface area contributed by atoms with Crippen LogP contribution < -0.4 is 10.6 Å². The normalized spacial score (nSPS) is 29.3. The van der Waals surface area contributed by atoms with Gasteiger partial charge in [0.2, 0.25) is 5.91 Å². The van der Waals surface area contributed by atoms with Crippen molar-refractivity contribution in [2.24, 2.45) is 17.8 Å². The summed E-state index contributed by atoms with van der Waals surface area (Å²) < 4.78 is 0. The quantitative estimate of drug-likeness (QED) is 0.718. The molecule has 2 rings (SSSR count). The zero-order valence-corrected chi connectivity index (χ0v) is 10.3. The van der Waals surface area contributed by atoms with Gasteiger partial charge in [-0.15, -0.1) is 0 Å². The van der Waals surface area contributed by atoms with Crippen LogP contribution in [0.2, 0.25) is 0 Å². The van der Waals surface area contributed by atoms with Crippen molar-refractivity contribution in [3.05, 3.63) is 0 Å². The highest BCUT2D eigenvalue weighted by Crippen LogP contribution is 2.30. The van der Waals surface area contributed by atoms with E-state index in [2.05, 4.69) is 17.6 Å². The number of hydrogen-bond acceptors (Lipinski definition) is 2. The van der Waals surface area contributed by atoms with Crippen LogP contribution in [-0.2, 0) is 4.79 Å². The molecular weight excluding hydrogens is 200 g/mol. The molecule has 2 unspecified atom stereocenters. The number of carbonyl (C=O) groups is 1. The number of carbonyl (C=O) groups excluding carboxylic acids is 1. The lowest BCUT2D eigenvalue weighted by molar-refractivity contribution is -0.120. The van der Waals surface area contributed by atoms with Crippen molar-refractivity contribution in [2.75, 3.05) is 19.6 Å². The Balaban J connectivity index is 1.52. The summed E-state index contributed by atoms with van der Waals surface area (Å²) in [5.41, 5.74) is 0. The summed E-state index contributed by atoms with van der Waals surface area (Å²) in [7, 11) is 0. The number of amides is 1. The van der Waals surface area contributed by atoms with Crippen LogP contribution in [0.3, 0.4) is 0 Å². The molecule has 0 bridgehead atoms. The Morgan fingerprint density at radius 2 is 2.00 bits per heavy atom. The first kappa shape index (κ1) is 11.9. The Kier molecular flexibility index (Phi) is 4.22. The van der Waals surface area contributed by atoms with Crippen molar-refractivity contribution < 1.29 is 4.79 Å². The fourth-order valence-electron chi connectivity index (χ4n) is 2.54. The molecule has 0 aromatic carbocycles. The SMILES string of the molecule is CC1CCCC1CNC(=O)CNCC1CC1. The molecule has 3 nitrogen and oxygen atoms in total. The van der Waals surface area contributed by atoms with Gasteiger partial charge in [0, 0.05) is 6.54 Å². The molecule has 0 aliphatic heterocycles. The molecular formula is C13H24N2O. The molecule has 2 aliphatic carbocycles. The van der Waals surface area contributed by atoms with Crippen molar-refractivity contribution in [1.82, 2.24) is 10.6 Å². The van der Waals surface area contributed by atoms with Crippen molar-refractivity contribution in [3.63, 3.8) is 0 Å². The van der Waals surface area contributed by atoms with Crippen molar-refractivity contribution in [2.45, 2.75) is 39.0 Å². The maximum Gasteiger partial charge on any atom is 0.233 e. The summed E-state index contributed by atoms with van der Waals surface area (Å²) in [5, 5.41) is 6.27. The van der Waals surface area contributed by atoms with Crippen molar-refractivity contribution in [3.8, 4) is 0 Å². The van der Waals surface area contributed by atoms with E-state index in [9.17, 15) is 4.79 Å². The lowest BCUT2D eigenvalue weighted by Gasteiger charge is -2.15. The van der Waals surface area contributed by atoms with Crippen LogP contribution in [0.15, 0.2) is 0 Å². The molecule has 3 heteroatoms. The van der Waals surface area contributed by atoms with Gasteiger partial charge in [0.25, 0.3) is 0 Å². The van der Waals surface area contributed by atoms with E-state index in [1.54, 1.807) is 0 Å². The van der Waals surface area contributed by atoms with Gasteiger partial charge >= 0.3 is 0 Å². The third kappa shape index (κ3) is 3.78. The predicted molar refractivity (Wildman–Crippen MR) is 65.1 cm³/mol. The third-order valence-electron chi connectivity index (χ3n) is 4.02. The molecule has 0 saturated heterocycles. The molecule has 0 radical (unpaired) electrons. The van der Waals surface area contributed by atoms with E-state index in [4.69, 9.17) is 0 Å². The Morgan fingerprint density at radius 3 is 2.62 bits per heavy atom. The molecule has 0 aromatic rings. The maximum atomic E-state index is 11.5. The predicted octanol–water partition coefficient (Wildman–Crippen LogP) is 1.54. The van der Waals surface area contributed by atoms with Gasteiger partial charge in [-0.2, -0.15) is 0 Å². The van der Waals surface area contributed by atoms with Crippen LogP contribution in [0, 0.1) is 17.8 Å². The molecule has 2 fully saturated rings. The minimum Gasteiger partial charge on any atom is -0.355 e. The molecule has 0 aromatic heterocycles. The summed E-state index contributed by atoms with van der Waals surface area (Å²) in [4.78, 5) is 11.5. The first-order chi connectivity index (χ1) is 7.75. The zero-order chi connectivity index (χ0) is 11.4. The fourth-order valence-corrected chi connectivity index (χ4v) is 2.54. The molecule has 2 atom stereocenters. The summed E-state index contributed by atoms with van der Waals surface area (Å²) in [5.74, 6) is 2.52. The number of nitrogens with one attached hydrogen (secondary N) is 2. The minimum atomic E-state index is 0.166. The standard InChI is InChI=1S/C13H24N2O/c1-10-3-2-4-12(10)8-15-13(16)9-14-7-11-5-6-11/h10-12,14H,2-9H2,1H3,(H,15,16). The second-order valence-electron chi connectivity index (χ2n) is 5.55. The second-order valence-corrected chi connectivity index (χ2v) is 5.55. The van der Waals surface area contributed by atoms with Gasteiger partial charge in [0.15, 0.2) is 0 Å². The van der Waals surface area contributed by atoms with Gasteiger partial charge in [0.05, 0.1) is 6.54 Å². The minimum absolute atomic E-state index is 0.166. The molecule has 1 amide bonds. The third-order valence-corrected chi connectivity index (χ3v) is 4.02. The summed E-state index contributed by atoms with van der Waals surface area (Å²) in [6.07, 6.45) is 6.64. The molecule has 0 heterocycles. The Bertz CT molecular complexity index is 238. The van der Waals surface area contributed by atoms with E-state index >= 15 is 0 Å². The van der Waals surface area contributed by atoms with Gasteiger partial charge in [-0.1, -0.05) is 19.8 Å². The Labute approximate surface area is 98.4 Å². The van der Waals surface area contributed by atoms with Crippen molar-refractivity contribution >= 4 is 5.91 Å². The monoisotopic (exact) mass is 224 g/mol. The van der Waals surface area contributed by atoms with Crippen LogP contribution in [0.5, 0.6) is 0 Å².